The van der Waals surface area contributed by atoms with Gasteiger partial charge in [0.25, 0.3) is 0 Å². The molecule has 3 nitrogen and oxygen atoms in total. The highest BCUT2D eigenvalue weighted by molar-refractivity contribution is 6.02. The second-order valence-electron chi connectivity index (χ2n) is 4.79. The van der Waals surface area contributed by atoms with E-state index in [1.807, 2.05) is 6.92 Å². The quantitative estimate of drug-likeness (QED) is 0.620. The predicted octanol–water partition coefficient (Wildman–Crippen LogP) is 3.47. The molecule has 1 aromatic rings. The van der Waals surface area contributed by atoms with Gasteiger partial charge in [-0.25, -0.2) is 0 Å². The SMILES string of the molecule is CC1COc2ccc(C(=O)C(F)(F)C(F)(F)F)cc2OC1. The van der Waals surface area contributed by atoms with E-state index in [4.69, 9.17) is 9.47 Å². The number of carbonyl (C=O) groups excluding carboxylic acids is 1. The second kappa shape index (κ2) is 5.16. The zero-order chi connectivity index (χ0) is 15.8. The van der Waals surface area contributed by atoms with Crippen molar-refractivity contribution in [3.63, 3.8) is 0 Å². The highest BCUT2D eigenvalue weighted by Gasteiger charge is 2.63. The predicted molar refractivity (Wildman–Crippen MR) is 61.9 cm³/mol. The Hall–Kier alpha value is -1.86. The first-order chi connectivity index (χ1) is 9.63. The van der Waals surface area contributed by atoms with Crippen molar-refractivity contribution in [1.82, 2.24) is 0 Å². The third-order valence-corrected chi connectivity index (χ3v) is 2.89. The van der Waals surface area contributed by atoms with Crippen LogP contribution in [0.3, 0.4) is 0 Å². The average Bonchev–Trinajstić information content (AvgIpc) is 2.58. The number of benzene rings is 1. The Morgan fingerprint density at radius 3 is 2.24 bits per heavy atom. The van der Waals surface area contributed by atoms with Crippen molar-refractivity contribution < 1.29 is 36.2 Å². The van der Waals surface area contributed by atoms with Gasteiger partial charge in [0.1, 0.15) is 0 Å². The van der Waals surface area contributed by atoms with Crippen molar-refractivity contribution in [3.05, 3.63) is 23.8 Å². The van der Waals surface area contributed by atoms with Gasteiger partial charge in [-0.15, -0.1) is 0 Å². The third-order valence-electron chi connectivity index (χ3n) is 2.89. The number of ether oxygens (including phenoxy) is 2. The maximum Gasteiger partial charge on any atom is 0.461 e. The monoisotopic (exact) mass is 310 g/mol. The number of alkyl halides is 5. The molecule has 0 aromatic heterocycles. The molecule has 0 radical (unpaired) electrons. The van der Waals surface area contributed by atoms with Crippen LogP contribution < -0.4 is 9.47 Å². The molecule has 0 amide bonds. The van der Waals surface area contributed by atoms with E-state index in [-0.39, 0.29) is 24.0 Å². The normalized spacial score (nSPS) is 19.0. The van der Waals surface area contributed by atoms with Gasteiger partial charge in [-0.2, -0.15) is 22.0 Å². The highest BCUT2D eigenvalue weighted by atomic mass is 19.4. The van der Waals surface area contributed by atoms with Crippen molar-refractivity contribution in [2.45, 2.75) is 19.0 Å². The van der Waals surface area contributed by atoms with Crippen LogP contribution in [0.25, 0.3) is 0 Å². The molecule has 1 aliphatic heterocycles. The summed E-state index contributed by atoms with van der Waals surface area (Å²) in [6.07, 6.45) is -5.94. The molecule has 0 saturated heterocycles. The van der Waals surface area contributed by atoms with Gasteiger partial charge >= 0.3 is 12.1 Å². The summed E-state index contributed by atoms with van der Waals surface area (Å²) in [7, 11) is 0. The zero-order valence-corrected chi connectivity index (χ0v) is 10.8. The number of ketones is 1. The lowest BCUT2D eigenvalue weighted by atomic mass is 10.0. The van der Waals surface area contributed by atoms with Crippen LogP contribution in [0, 0.1) is 5.92 Å². The van der Waals surface area contributed by atoms with Crippen molar-refractivity contribution in [1.29, 1.82) is 0 Å². The number of hydrogen-bond donors (Lipinski definition) is 0. The highest BCUT2D eigenvalue weighted by Crippen LogP contribution is 2.39. The fourth-order valence-electron chi connectivity index (χ4n) is 1.70. The number of carbonyl (C=O) groups is 1. The Balaban J connectivity index is 2.33. The summed E-state index contributed by atoms with van der Waals surface area (Å²) < 4.78 is 73.2. The average molecular weight is 310 g/mol. The van der Waals surface area contributed by atoms with E-state index in [1.165, 1.54) is 0 Å². The van der Waals surface area contributed by atoms with Crippen molar-refractivity contribution in [2.75, 3.05) is 13.2 Å². The molecule has 0 bridgehead atoms. The molecule has 116 valence electrons. The Labute approximate surface area is 116 Å². The Bertz CT molecular complexity index is 553. The smallest absolute Gasteiger partial charge is 0.461 e. The van der Waals surface area contributed by atoms with Gasteiger partial charge in [0.05, 0.1) is 13.2 Å². The minimum absolute atomic E-state index is 0.0215. The minimum Gasteiger partial charge on any atom is -0.489 e. The first-order valence-corrected chi connectivity index (χ1v) is 6.02. The summed E-state index contributed by atoms with van der Waals surface area (Å²) in [5.74, 6) is -7.57. The summed E-state index contributed by atoms with van der Waals surface area (Å²) in [4.78, 5) is 11.4. The zero-order valence-electron chi connectivity index (χ0n) is 10.8. The van der Waals surface area contributed by atoms with Gasteiger partial charge in [0.2, 0.25) is 5.78 Å². The molecule has 0 N–H and O–H groups in total. The van der Waals surface area contributed by atoms with Crippen LogP contribution in [-0.4, -0.2) is 31.1 Å². The number of halogens is 5. The molecule has 0 aliphatic carbocycles. The van der Waals surface area contributed by atoms with Crippen LogP contribution in [0.2, 0.25) is 0 Å². The Kier molecular flexibility index (Phi) is 3.81. The molecule has 1 aromatic carbocycles. The fourth-order valence-corrected chi connectivity index (χ4v) is 1.70. The lowest BCUT2D eigenvalue weighted by Gasteiger charge is -2.18. The van der Waals surface area contributed by atoms with Crippen LogP contribution in [0.15, 0.2) is 18.2 Å². The summed E-state index contributed by atoms with van der Waals surface area (Å²) in [5, 5.41) is 0. The van der Waals surface area contributed by atoms with E-state index in [0.717, 1.165) is 18.2 Å². The summed E-state index contributed by atoms with van der Waals surface area (Å²) in [6, 6.07) is 2.85. The molecule has 1 aliphatic rings. The first-order valence-electron chi connectivity index (χ1n) is 6.02. The van der Waals surface area contributed by atoms with Gasteiger partial charge in [-0.1, -0.05) is 6.92 Å². The van der Waals surface area contributed by atoms with E-state index in [0.29, 0.717) is 6.61 Å². The summed E-state index contributed by atoms with van der Waals surface area (Å²) in [5.41, 5.74) is -0.783. The molecular weight excluding hydrogens is 299 g/mol. The van der Waals surface area contributed by atoms with Gasteiger partial charge in [0.15, 0.2) is 11.5 Å². The summed E-state index contributed by atoms with van der Waals surface area (Å²) in [6.45, 7) is 2.34. The van der Waals surface area contributed by atoms with Gasteiger partial charge in [0, 0.05) is 11.5 Å². The molecule has 1 atom stereocenters. The Morgan fingerprint density at radius 2 is 1.67 bits per heavy atom. The van der Waals surface area contributed by atoms with Crippen LogP contribution in [0.4, 0.5) is 22.0 Å². The maximum absolute atomic E-state index is 13.0. The number of fused-ring (bicyclic) bond motifs is 1. The Morgan fingerprint density at radius 1 is 1.10 bits per heavy atom. The van der Waals surface area contributed by atoms with Crippen molar-refractivity contribution >= 4 is 5.78 Å². The first kappa shape index (κ1) is 15.5. The molecule has 1 heterocycles. The lowest BCUT2D eigenvalue weighted by molar-refractivity contribution is -0.255. The maximum atomic E-state index is 13.0. The molecule has 8 heteroatoms. The van der Waals surface area contributed by atoms with Crippen LogP contribution in [0.5, 0.6) is 11.5 Å². The van der Waals surface area contributed by atoms with E-state index >= 15 is 0 Å². The minimum atomic E-state index is -5.94. The molecule has 0 spiro atoms. The molecule has 1 unspecified atom stereocenters. The van der Waals surface area contributed by atoms with E-state index in [1.54, 1.807) is 0 Å². The number of rotatable bonds is 2. The fraction of sp³-hybridized carbons (Fsp3) is 0.462. The molecule has 0 saturated carbocycles. The lowest BCUT2D eigenvalue weighted by Crippen LogP contribution is -2.44. The van der Waals surface area contributed by atoms with Gasteiger partial charge in [-0.3, -0.25) is 4.79 Å². The van der Waals surface area contributed by atoms with E-state index < -0.39 is 23.4 Å². The standard InChI is InChI=1S/C13H11F5O3/c1-7-5-20-9-3-2-8(4-10(9)21-6-7)11(19)12(14,15)13(16,17)18/h2-4,7H,5-6H2,1H3. The summed E-state index contributed by atoms with van der Waals surface area (Å²) >= 11 is 0. The molecule has 2 rings (SSSR count). The topological polar surface area (TPSA) is 35.5 Å². The number of hydrogen-bond acceptors (Lipinski definition) is 3. The second-order valence-corrected chi connectivity index (χ2v) is 4.79. The van der Waals surface area contributed by atoms with Gasteiger partial charge in [-0.05, 0) is 18.2 Å². The van der Waals surface area contributed by atoms with Crippen LogP contribution in [0.1, 0.15) is 17.3 Å². The largest absolute Gasteiger partial charge is 0.489 e. The van der Waals surface area contributed by atoms with Crippen LogP contribution >= 0.6 is 0 Å². The number of Topliss-reactive ketones (excluding diaryl/α,β-unsaturated/α-hetero) is 1. The van der Waals surface area contributed by atoms with Crippen LogP contribution in [-0.2, 0) is 0 Å². The van der Waals surface area contributed by atoms with Crippen molar-refractivity contribution in [3.8, 4) is 11.5 Å². The molecular formula is C13H11F5O3. The third kappa shape index (κ3) is 2.93. The van der Waals surface area contributed by atoms with E-state index in [9.17, 15) is 26.7 Å². The molecule has 21 heavy (non-hydrogen) atoms. The van der Waals surface area contributed by atoms with E-state index in [2.05, 4.69) is 0 Å². The molecule has 0 fully saturated rings. The van der Waals surface area contributed by atoms with Crippen molar-refractivity contribution in [2.24, 2.45) is 5.92 Å². The van der Waals surface area contributed by atoms with Gasteiger partial charge < -0.3 is 9.47 Å².